The minimum atomic E-state index is -4.62. The second-order valence-corrected chi connectivity index (χ2v) is 8.13. The number of anilines is 3. The fourth-order valence-electron chi connectivity index (χ4n) is 3.78. The summed E-state index contributed by atoms with van der Waals surface area (Å²) in [7, 11) is 0. The number of aromatic amines is 1. The van der Waals surface area contributed by atoms with Crippen molar-refractivity contribution >= 4 is 34.0 Å². The number of halogens is 3. The van der Waals surface area contributed by atoms with Gasteiger partial charge in [-0.3, -0.25) is 9.89 Å². The predicted octanol–water partition coefficient (Wildman–Crippen LogP) is 5.23. The van der Waals surface area contributed by atoms with Crippen LogP contribution in [0.15, 0.2) is 72.7 Å². The average molecular weight is 494 g/mol. The molecule has 0 radical (unpaired) electrons. The molecule has 3 heterocycles. The summed E-state index contributed by atoms with van der Waals surface area (Å²) in [4.78, 5) is 17.3. The van der Waals surface area contributed by atoms with Gasteiger partial charge in [0.25, 0.3) is 5.91 Å². The van der Waals surface area contributed by atoms with E-state index in [4.69, 9.17) is 4.74 Å². The molecule has 36 heavy (non-hydrogen) atoms. The van der Waals surface area contributed by atoms with Gasteiger partial charge in [-0.25, -0.2) is 4.98 Å². The fraction of sp³-hybridized carbons (Fsp3) is 0.160. The first kappa shape index (κ1) is 23.2. The Bertz CT molecular complexity index is 1450. The average Bonchev–Trinajstić information content (AvgIpc) is 3.54. The zero-order valence-electron chi connectivity index (χ0n) is 18.8. The molecule has 0 fully saturated rings. The second kappa shape index (κ2) is 9.61. The number of carbonyl (C=O) groups is 1. The van der Waals surface area contributed by atoms with Crippen LogP contribution in [-0.2, 0) is 6.18 Å². The summed E-state index contributed by atoms with van der Waals surface area (Å²) in [5, 5.41) is 16.5. The molecule has 0 atom stereocenters. The van der Waals surface area contributed by atoms with E-state index in [0.29, 0.717) is 5.69 Å². The van der Waals surface area contributed by atoms with E-state index < -0.39 is 17.6 Å². The highest BCUT2D eigenvalue weighted by atomic mass is 19.4. The number of carbonyl (C=O) groups excluding carboxylic acids is 1. The number of hydrogen-bond donors (Lipinski definition) is 4. The number of fused-ring (bicyclic) bond motifs is 1. The Hall–Kier alpha value is -4.54. The molecule has 1 aliphatic heterocycles. The van der Waals surface area contributed by atoms with Crippen LogP contribution >= 0.6 is 0 Å². The van der Waals surface area contributed by atoms with Gasteiger partial charge in [-0.15, -0.1) is 0 Å². The van der Waals surface area contributed by atoms with Crippen molar-refractivity contribution in [2.75, 3.05) is 23.8 Å². The number of alkyl halides is 3. The number of rotatable bonds is 7. The van der Waals surface area contributed by atoms with Gasteiger partial charge in [-0.1, -0.05) is 6.08 Å². The van der Waals surface area contributed by atoms with Gasteiger partial charge in [0.15, 0.2) is 0 Å². The van der Waals surface area contributed by atoms with Gasteiger partial charge >= 0.3 is 6.18 Å². The van der Waals surface area contributed by atoms with E-state index in [1.54, 1.807) is 18.3 Å². The Balaban J connectivity index is 1.38. The lowest BCUT2D eigenvalue weighted by Crippen LogP contribution is -2.17. The van der Waals surface area contributed by atoms with E-state index in [1.165, 1.54) is 18.3 Å². The Kier molecular flexibility index (Phi) is 6.19. The van der Waals surface area contributed by atoms with Gasteiger partial charge < -0.3 is 20.7 Å². The van der Waals surface area contributed by atoms with E-state index in [9.17, 15) is 18.0 Å². The molecule has 8 nitrogen and oxygen atoms in total. The summed E-state index contributed by atoms with van der Waals surface area (Å²) in [6.07, 6.45) is 1.34. The van der Waals surface area contributed by atoms with Gasteiger partial charge in [0.1, 0.15) is 18.2 Å². The number of aromatic nitrogens is 3. The molecule has 0 spiro atoms. The minimum absolute atomic E-state index is 0.00730. The van der Waals surface area contributed by atoms with Crippen LogP contribution in [0.3, 0.4) is 0 Å². The van der Waals surface area contributed by atoms with Crippen molar-refractivity contribution in [3.05, 3.63) is 83.8 Å². The molecule has 5 rings (SSSR count). The number of benzene rings is 2. The minimum Gasteiger partial charge on any atom is -0.487 e. The third-order valence-corrected chi connectivity index (χ3v) is 5.53. The molecule has 4 aromatic rings. The highest BCUT2D eigenvalue weighted by Gasteiger charge is 2.32. The molecule has 4 N–H and O–H groups in total. The molecule has 2 aromatic carbocycles. The molecule has 0 saturated heterocycles. The van der Waals surface area contributed by atoms with E-state index in [2.05, 4.69) is 31.1 Å². The third kappa shape index (κ3) is 5.24. The predicted molar refractivity (Wildman–Crippen MR) is 129 cm³/mol. The van der Waals surface area contributed by atoms with Crippen LogP contribution in [0.5, 0.6) is 5.75 Å². The standard InChI is InChI=1S/C25H21F3N6O2/c26-25(27,28)16-9-19(11-20(10-16)36-14-18-3-1-7-29-18)33-24(35)21-4-2-8-30-23(21)32-17-6-5-15-13-31-34-22(15)12-17/h2-6,8-13,29H,1,7,14H2,(H,30,32)(H,31,34)(H,33,35). The van der Waals surface area contributed by atoms with Crippen LogP contribution in [0.25, 0.3) is 10.9 Å². The normalized spacial score (nSPS) is 13.2. The SMILES string of the molecule is O=C(Nc1cc(OCC2=CCCN2)cc(C(F)(F)F)c1)c1cccnc1Nc1ccc2cn[nH]c2c1. The summed E-state index contributed by atoms with van der Waals surface area (Å²) >= 11 is 0. The number of nitrogens with one attached hydrogen (secondary N) is 4. The van der Waals surface area contributed by atoms with Crippen LogP contribution < -0.4 is 20.7 Å². The Labute approximate surface area is 203 Å². The van der Waals surface area contributed by atoms with Gasteiger partial charge in [0.05, 0.1) is 22.8 Å². The summed E-state index contributed by atoms with van der Waals surface area (Å²) in [5.41, 5.74) is 1.43. The first-order valence-electron chi connectivity index (χ1n) is 11.1. The highest BCUT2D eigenvalue weighted by Crippen LogP contribution is 2.34. The van der Waals surface area contributed by atoms with Crippen molar-refractivity contribution < 1.29 is 22.7 Å². The van der Waals surface area contributed by atoms with Crippen LogP contribution in [0, 0.1) is 0 Å². The maximum absolute atomic E-state index is 13.5. The summed E-state index contributed by atoms with van der Waals surface area (Å²) < 4.78 is 46.1. The lowest BCUT2D eigenvalue weighted by molar-refractivity contribution is -0.137. The molecule has 11 heteroatoms. The fourth-order valence-corrected chi connectivity index (χ4v) is 3.78. The lowest BCUT2D eigenvalue weighted by atomic mass is 10.1. The quantitative estimate of drug-likeness (QED) is 0.281. The smallest absolute Gasteiger partial charge is 0.416 e. The van der Waals surface area contributed by atoms with Gasteiger partial charge in [0.2, 0.25) is 0 Å². The number of ether oxygens (including phenoxy) is 1. The lowest BCUT2D eigenvalue weighted by Gasteiger charge is -2.15. The van der Waals surface area contributed by atoms with Crippen LogP contribution in [0.1, 0.15) is 22.3 Å². The van der Waals surface area contributed by atoms with E-state index >= 15 is 0 Å². The van der Waals surface area contributed by atoms with Gasteiger partial charge in [-0.05, 0) is 48.9 Å². The van der Waals surface area contributed by atoms with Crippen molar-refractivity contribution in [3.8, 4) is 5.75 Å². The highest BCUT2D eigenvalue weighted by molar-refractivity contribution is 6.08. The zero-order chi connectivity index (χ0) is 25.1. The first-order chi connectivity index (χ1) is 17.3. The van der Waals surface area contributed by atoms with Crippen LogP contribution in [0.4, 0.5) is 30.4 Å². The molecule has 2 aromatic heterocycles. The van der Waals surface area contributed by atoms with Crippen molar-refractivity contribution in [3.63, 3.8) is 0 Å². The van der Waals surface area contributed by atoms with Crippen LogP contribution in [-0.4, -0.2) is 34.2 Å². The maximum Gasteiger partial charge on any atom is 0.416 e. The number of H-pyrrole nitrogens is 1. The molecule has 0 bridgehead atoms. The molecule has 0 aliphatic carbocycles. The summed E-state index contributed by atoms with van der Waals surface area (Å²) in [6.45, 7) is 0.867. The zero-order valence-corrected chi connectivity index (χ0v) is 18.8. The monoisotopic (exact) mass is 494 g/mol. The van der Waals surface area contributed by atoms with Crippen molar-refractivity contribution in [2.24, 2.45) is 0 Å². The second-order valence-electron chi connectivity index (χ2n) is 8.13. The molecule has 0 saturated carbocycles. The van der Waals surface area contributed by atoms with Crippen molar-refractivity contribution in [2.45, 2.75) is 12.6 Å². The number of pyridine rings is 1. The Morgan fingerprint density at radius 1 is 1.11 bits per heavy atom. The molecule has 1 aliphatic rings. The van der Waals surface area contributed by atoms with E-state index in [1.807, 2.05) is 18.2 Å². The van der Waals surface area contributed by atoms with Crippen LogP contribution in [0.2, 0.25) is 0 Å². The summed E-state index contributed by atoms with van der Waals surface area (Å²) in [5.74, 6) is -0.387. The number of nitrogens with zero attached hydrogens (tertiary/aromatic N) is 2. The van der Waals surface area contributed by atoms with Crippen molar-refractivity contribution in [1.82, 2.24) is 20.5 Å². The topological polar surface area (TPSA) is 104 Å². The van der Waals surface area contributed by atoms with Crippen molar-refractivity contribution in [1.29, 1.82) is 0 Å². The summed E-state index contributed by atoms with van der Waals surface area (Å²) in [6, 6.07) is 11.7. The first-order valence-corrected chi connectivity index (χ1v) is 11.1. The van der Waals surface area contributed by atoms with Gasteiger partial charge in [-0.2, -0.15) is 18.3 Å². The maximum atomic E-state index is 13.5. The number of hydrogen-bond acceptors (Lipinski definition) is 6. The third-order valence-electron chi connectivity index (χ3n) is 5.53. The number of amides is 1. The molecule has 184 valence electrons. The Morgan fingerprint density at radius 2 is 2.00 bits per heavy atom. The molecular weight excluding hydrogens is 473 g/mol. The molecule has 1 amide bonds. The molecule has 0 unspecified atom stereocenters. The van der Waals surface area contributed by atoms with E-state index in [-0.39, 0.29) is 29.4 Å². The Morgan fingerprint density at radius 3 is 2.81 bits per heavy atom. The van der Waals surface area contributed by atoms with E-state index in [0.717, 1.165) is 41.7 Å². The molecular formula is C25H21F3N6O2. The van der Waals surface area contributed by atoms with Gasteiger partial charge in [0, 0.05) is 41.3 Å². The largest absolute Gasteiger partial charge is 0.487 e.